The molecule has 0 fully saturated rings. The van der Waals surface area contributed by atoms with Gasteiger partial charge in [-0.25, -0.2) is 0 Å². The highest BCUT2D eigenvalue weighted by Gasteiger charge is 2.37. The maximum atomic E-state index is 2.70. The third-order valence-electron chi connectivity index (χ3n) is 8.83. The molecule has 182 valence electrons. The fraction of sp³-hybridized carbons (Fsp3) is 0.353. The Morgan fingerprint density at radius 1 is 0.861 bits per heavy atom. The molecule has 7 rings (SSSR count). The van der Waals surface area contributed by atoms with Gasteiger partial charge in [0.25, 0.3) is 0 Å². The Bertz CT molecular complexity index is 1570. The molecule has 0 spiro atoms. The lowest BCUT2D eigenvalue weighted by molar-refractivity contribution is 0.385. The Morgan fingerprint density at radius 3 is 2.58 bits per heavy atom. The van der Waals surface area contributed by atoms with Crippen LogP contribution in [0.15, 0.2) is 78.4 Å². The maximum absolute atomic E-state index is 2.70. The van der Waals surface area contributed by atoms with E-state index in [-0.39, 0.29) is 5.41 Å². The van der Waals surface area contributed by atoms with Crippen molar-refractivity contribution >= 4 is 34.4 Å². The lowest BCUT2D eigenvalue weighted by Crippen LogP contribution is -2.34. The molecule has 2 heterocycles. The summed E-state index contributed by atoms with van der Waals surface area (Å²) < 4.78 is 2.70. The minimum atomic E-state index is 0.242. The molecule has 0 amide bonds. The Morgan fingerprint density at radius 2 is 1.69 bits per heavy atom. The highest BCUT2D eigenvalue weighted by molar-refractivity contribution is 5.88. The Hall–Kier alpha value is -3.26. The maximum Gasteiger partial charge on any atom is 0.0629 e. The van der Waals surface area contributed by atoms with Crippen molar-refractivity contribution < 1.29 is 0 Å². The lowest BCUT2D eigenvalue weighted by Gasteiger charge is -2.32. The van der Waals surface area contributed by atoms with Crippen molar-refractivity contribution in [2.24, 2.45) is 5.41 Å². The smallest absolute Gasteiger partial charge is 0.0629 e. The van der Waals surface area contributed by atoms with Crippen LogP contribution in [-0.4, -0.2) is 10.6 Å². The van der Waals surface area contributed by atoms with Crippen LogP contribution in [0.25, 0.3) is 23.1 Å². The molecule has 3 aliphatic carbocycles. The van der Waals surface area contributed by atoms with E-state index in [2.05, 4.69) is 115 Å². The van der Waals surface area contributed by atoms with E-state index in [1.807, 2.05) is 0 Å². The first-order valence-electron chi connectivity index (χ1n) is 13.8. The summed E-state index contributed by atoms with van der Waals surface area (Å²) in [6.07, 6.45) is 22.5. The van der Waals surface area contributed by atoms with Crippen LogP contribution in [0.5, 0.6) is 0 Å². The molecular weight excluding hydrogens is 436 g/mol. The molecule has 4 aliphatic rings. The molecule has 36 heavy (non-hydrogen) atoms. The highest BCUT2D eigenvalue weighted by Crippen LogP contribution is 2.48. The molecule has 2 aromatic carbocycles. The topological polar surface area (TPSA) is 8.17 Å². The van der Waals surface area contributed by atoms with Crippen LogP contribution in [0, 0.1) is 5.41 Å². The van der Waals surface area contributed by atoms with Crippen LogP contribution in [-0.2, 0) is 0 Å². The molecule has 0 N–H and O–H groups in total. The zero-order valence-corrected chi connectivity index (χ0v) is 21.7. The zero-order valence-electron chi connectivity index (χ0n) is 21.7. The average molecular weight is 473 g/mol. The molecule has 2 nitrogen and oxygen atoms in total. The van der Waals surface area contributed by atoms with Crippen molar-refractivity contribution in [3.05, 3.63) is 94.5 Å². The molecule has 3 aromatic rings. The van der Waals surface area contributed by atoms with E-state index < -0.39 is 0 Å². The average Bonchev–Trinajstić information content (AvgIpc) is 3.41. The van der Waals surface area contributed by atoms with Gasteiger partial charge in [0, 0.05) is 44.8 Å². The van der Waals surface area contributed by atoms with Crippen LogP contribution in [0.1, 0.15) is 70.4 Å². The number of benzene rings is 2. The Balaban J connectivity index is 1.38. The molecular formula is C34H36N2. The van der Waals surface area contributed by atoms with Gasteiger partial charge in [-0.05, 0) is 67.3 Å². The minimum Gasteiger partial charge on any atom is -0.337 e. The van der Waals surface area contributed by atoms with E-state index >= 15 is 0 Å². The number of hydrogen-bond donors (Lipinski definition) is 0. The van der Waals surface area contributed by atoms with E-state index in [4.69, 9.17) is 0 Å². The number of anilines is 2. The van der Waals surface area contributed by atoms with E-state index in [0.29, 0.717) is 18.0 Å². The van der Waals surface area contributed by atoms with Gasteiger partial charge < -0.3 is 9.47 Å². The van der Waals surface area contributed by atoms with Gasteiger partial charge >= 0.3 is 0 Å². The summed E-state index contributed by atoms with van der Waals surface area (Å²) in [4.78, 5) is 2.57. The van der Waals surface area contributed by atoms with Gasteiger partial charge in [0.05, 0.1) is 6.04 Å². The molecule has 0 bridgehead atoms. The predicted molar refractivity (Wildman–Crippen MR) is 153 cm³/mol. The van der Waals surface area contributed by atoms with Crippen molar-refractivity contribution in [3.63, 3.8) is 0 Å². The third kappa shape index (κ3) is 3.30. The number of allylic oxidation sites excluding steroid dienone is 4. The standard InChI is InChI=1S/C34H36N2/c1-34(2,3)23-11-10-12-24(21-23)35-32-18-9-6-15-28(32)29-22-25(19-20-33(29)35)36-30-16-7-4-13-26(30)27-14-5-8-17-31(27)36/h4-5,7-8,11,13-20,22,24,26,30H,6,9-10,12,21H2,1-3H3. The Kier molecular flexibility index (Phi) is 4.96. The van der Waals surface area contributed by atoms with Crippen molar-refractivity contribution in [2.45, 2.75) is 70.9 Å². The first kappa shape index (κ1) is 22.0. The van der Waals surface area contributed by atoms with Gasteiger partial charge in [0.15, 0.2) is 0 Å². The second-order valence-electron chi connectivity index (χ2n) is 12.0. The number of aromatic nitrogens is 1. The fourth-order valence-electron chi connectivity index (χ4n) is 7.07. The zero-order chi connectivity index (χ0) is 24.4. The summed E-state index contributed by atoms with van der Waals surface area (Å²) in [5.74, 6) is 0.421. The monoisotopic (exact) mass is 472 g/mol. The van der Waals surface area contributed by atoms with Crippen LogP contribution in [0.4, 0.5) is 11.4 Å². The number of hydrogen-bond acceptors (Lipinski definition) is 1. The van der Waals surface area contributed by atoms with Crippen LogP contribution >= 0.6 is 0 Å². The van der Waals surface area contributed by atoms with E-state index in [9.17, 15) is 0 Å². The largest absolute Gasteiger partial charge is 0.337 e. The predicted octanol–water partition coefficient (Wildman–Crippen LogP) is 7.42. The summed E-state index contributed by atoms with van der Waals surface area (Å²) in [7, 11) is 0. The van der Waals surface area contributed by atoms with Crippen molar-refractivity contribution in [2.75, 3.05) is 4.90 Å². The number of nitrogens with zero attached hydrogens (tertiary/aromatic N) is 2. The van der Waals surface area contributed by atoms with Gasteiger partial charge in [-0.15, -0.1) is 0 Å². The SMILES string of the molecule is CC(C)(C)C1=CCCC(n2c3c(c4cc(N5c6ccccc6C6C=CC=CC65)ccc42)=CCCC=3)C1. The molecule has 1 aromatic heterocycles. The van der Waals surface area contributed by atoms with Gasteiger partial charge in [0.2, 0.25) is 0 Å². The quantitative estimate of drug-likeness (QED) is 0.352. The van der Waals surface area contributed by atoms with Crippen LogP contribution in [0.3, 0.4) is 0 Å². The second kappa shape index (κ2) is 8.13. The summed E-state index contributed by atoms with van der Waals surface area (Å²) in [6.45, 7) is 7.10. The van der Waals surface area contributed by atoms with E-state index in [0.717, 1.165) is 19.3 Å². The molecule has 0 saturated heterocycles. The molecule has 0 saturated carbocycles. The lowest BCUT2D eigenvalue weighted by atomic mass is 9.78. The highest BCUT2D eigenvalue weighted by atomic mass is 15.2. The van der Waals surface area contributed by atoms with Gasteiger partial charge in [-0.3, -0.25) is 0 Å². The molecule has 3 atom stereocenters. The number of rotatable bonds is 2. The summed E-state index contributed by atoms with van der Waals surface area (Å²) in [5, 5.41) is 4.32. The molecule has 1 aliphatic heterocycles. The summed E-state index contributed by atoms with van der Waals surface area (Å²) in [5.41, 5.74) is 7.35. The van der Waals surface area contributed by atoms with Gasteiger partial charge in [-0.1, -0.05) is 87.1 Å². The number of fused-ring (bicyclic) bond motifs is 6. The molecule has 3 unspecified atom stereocenters. The molecule has 0 radical (unpaired) electrons. The van der Waals surface area contributed by atoms with Crippen molar-refractivity contribution in [1.29, 1.82) is 0 Å². The Labute approximate surface area is 214 Å². The van der Waals surface area contributed by atoms with Crippen LogP contribution in [0.2, 0.25) is 0 Å². The van der Waals surface area contributed by atoms with Crippen LogP contribution < -0.4 is 15.5 Å². The third-order valence-corrected chi connectivity index (χ3v) is 8.83. The second-order valence-corrected chi connectivity index (χ2v) is 12.0. The van der Waals surface area contributed by atoms with Crippen molar-refractivity contribution in [1.82, 2.24) is 4.57 Å². The first-order chi connectivity index (χ1) is 17.5. The minimum absolute atomic E-state index is 0.242. The first-order valence-corrected chi connectivity index (χ1v) is 13.8. The fourth-order valence-corrected chi connectivity index (χ4v) is 7.07. The van der Waals surface area contributed by atoms with Gasteiger partial charge in [-0.2, -0.15) is 0 Å². The molecule has 2 heteroatoms. The van der Waals surface area contributed by atoms with E-state index in [1.165, 1.54) is 51.3 Å². The van der Waals surface area contributed by atoms with Crippen molar-refractivity contribution in [3.8, 4) is 0 Å². The summed E-state index contributed by atoms with van der Waals surface area (Å²) in [6, 6.07) is 17.1. The summed E-state index contributed by atoms with van der Waals surface area (Å²) >= 11 is 0. The van der Waals surface area contributed by atoms with Gasteiger partial charge in [0.1, 0.15) is 0 Å². The number of para-hydroxylation sites is 1. The normalized spacial score (nSPS) is 24.6. The van der Waals surface area contributed by atoms with E-state index in [1.54, 1.807) is 5.57 Å².